The minimum Gasteiger partial charge on any atom is -0.449 e. The van der Waals surface area contributed by atoms with E-state index in [0.29, 0.717) is 26.2 Å². The van der Waals surface area contributed by atoms with Crippen LogP contribution in [0.4, 0.5) is 10.1 Å². The van der Waals surface area contributed by atoms with Crippen molar-refractivity contribution in [1.29, 1.82) is 0 Å². The molecule has 2 saturated heterocycles. The molecule has 2 aliphatic heterocycles. The first-order valence-electron chi connectivity index (χ1n) is 11.4. The van der Waals surface area contributed by atoms with Crippen LogP contribution in [0.5, 0.6) is 0 Å². The number of carbonyl (C=O) groups is 2. The first kappa shape index (κ1) is 24.2. The number of nitrogens with zero attached hydrogens (tertiary/aromatic N) is 3. The Balaban J connectivity index is 1.40. The molecule has 0 aliphatic carbocycles. The lowest BCUT2D eigenvalue weighted by molar-refractivity contribution is -0.138. The van der Waals surface area contributed by atoms with Crippen molar-refractivity contribution in [1.82, 2.24) is 9.21 Å². The zero-order chi connectivity index (χ0) is 24.3. The number of esters is 1. The van der Waals surface area contributed by atoms with E-state index in [2.05, 4.69) is 0 Å². The van der Waals surface area contributed by atoms with Crippen LogP contribution in [-0.2, 0) is 19.6 Å². The number of anilines is 1. The van der Waals surface area contributed by atoms with Crippen LogP contribution < -0.4 is 4.90 Å². The van der Waals surface area contributed by atoms with Gasteiger partial charge in [0.2, 0.25) is 10.0 Å². The Morgan fingerprint density at radius 3 is 2.24 bits per heavy atom. The van der Waals surface area contributed by atoms with Gasteiger partial charge in [-0.25, -0.2) is 17.6 Å². The van der Waals surface area contributed by atoms with Crippen LogP contribution in [0.25, 0.3) is 0 Å². The predicted molar refractivity (Wildman–Crippen MR) is 125 cm³/mol. The van der Waals surface area contributed by atoms with Gasteiger partial charge in [0.1, 0.15) is 5.82 Å². The number of halogens is 1. The molecule has 0 radical (unpaired) electrons. The summed E-state index contributed by atoms with van der Waals surface area (Å²) < 4.78 is 46.3. The Bertz CT molecular complexity index is 1140. The van der Waals surface area contributed by atoms with E-state index in [1.54, 1.807) is 17.0 Å². The minimum absolute atomic E-state index is 0.00398. The number of rotatable bonds is 6. The van der Waals surface area contributed by atoms with Crippen molar-refractivity contribution in [2.45, 2.75) is 30.8 Å². The van der Waals surface area contributed by atoms with Crippen LogP contribution in [0, 0.1) is 5.82 Å². The van der Waals surface area contributed by atoms with Crippen molar-refractivity contribution in [3.63, 3.8) is 0 Å². The molecule has 8 nitrogen and oxygen atoms in total. The monoisotopic (exact) mass is 489 g/mol. The number of piperazine rings is 1. The lowest BCUT2D eigenvalue weighted by atomic mass is 10.2. The van der Waals surface area contributed by atoms with Gasteiger partial charge in [0, 0.05) is 45.0 Å². The van der Waals surface area contributed by atoms with Crippen molar-refractivity contribution >= 4 is 27.6 Å². The van der Waals surface area contributed by atoms with Gasteiger partial charge in [-0.05, 0) is 62.2 Å². The maximum absolute atomic E-state index is 13.2. The lowest BCUT2D eigenvalue weighted by Crippen LogP contribution is -2.48. The summed E-state index contributed by atoms with van der Waals surface area (Å²) in [7, 11) is -3.82. The summed E-state index contributed by atoms with van der Waals surface area (Å²) in [6, 6.07) is 11.8. The van der Waals surface area contributed by atoms with E-state index in [9.17, 15) is 22.4 Å². The summed E-state index contributed by atoms with van der Waals surface area (Å²) in [5.74, 6) is -1.30. The number of benzene rings is 2. The average molecular weight is 490 g/mol. The van der Waals surface area contributed by atoms with Gasteiger partial charge >= 0.3 is 5.97 Å². The number of sulfonamides is 1. The fourth-order valence-electron chi connectivity index (χ4n) is 4.24. The molecule has 4 rings (SSSR count). The highest BCUT2D eigenvalue weighted by Crippen LogP contribution is 2.23. The zero-order valence-electron chi connectivity index (χ0n) is 19.0. The van der Waals surface area contributed by atoms with E-state index in [4.69, 9.17) is 4.74 Å². The molecular weight excluding hydrogens is 461 g/mol. The molecule has 0 spiro atoms. The molecule has 2 fully saturated rings. The molecule has 1 amide bonds. The Kier molecular flexibility index (Phi) is 7.18. The molecular formula is C24H28FN3O5S. The van der Waals surface area contributed by atoms with Crippen LogP contribution in [0.15, 0.2) is 53.4 Å². The molecule has 182 valence electrons. The van der Waals surface area contributed by atoms with Gasteiger partial charge < -0.3 is 14.5 Å². The quantitative estimate of drug-likeness (QED) is 0.580. The molecule has 2 aromatic rings. The first-order valence-corrected chi connectivity index (χ1v) is 12.8. The molecule has 1 atom stereocenters. The third-order valence-corrected chi connectivity index (χ3v) is 8.08. The highest BCUT2D eigenvalue weighted by Gasteiger charge is 2.30. The van der Waals surface area contributed by atoms with Crippen LogP contribution in [-0.4, -0.2) is 74.9 Å². The molecule has 2 aromatic carbocycles. The maximum Gasteiger partial charge on any atom is 0.338 e. The molecule has 0 bridgehead atoms. The van der Waals surface area contributed by atoms with E-state index in [0.717, 1.165) is 18.5 Å². The van der Waals surface area contributed by atoms with Crippen molar-refractivity contribution in [2.24, 2.45) is 0 Å². The Morgan fingerprint density at radius 1 is 0.941 bits per heavy atom. The molecule has 10 heteroatoms. The van der Waals surface area contributed by atoms with Crippen molar-refractivity contribution in [3.05, 3.63) is 59.9 Å². The van der Waals surface area contributed by atoms with Gasteiger partial charge in [0.05, 0.1) is 10.5 Å². The molecule has 34 heavy (non-hydrogen) atoms. The Morgan fingerprint density at radius 2 is 1.59 bits per heavy atom. The summed E-state index contributed by atoms with van der Waals surface area (Å²) >= 11 is 0. The third kappa shape index (κ3) is 5.23. The van der Waals surface area contributed by atoms with Crippen molar-refractivity contribution in [2.75, 3.05) is 44.2 Å². The van der Waals surface area contributed by atoms with E-state index in [1.807, 2.05) is 4.90 Å². The second kappa shape index (κ2) is 10.1. The Labute approximate surface area is 198 Å². The molecule has 0 N–H and O–H groups in total. The fraction of sp³-hybridized carbons (Fsp3) is 0.417. The number of amides is 1. The first-order chi connectivity index (χ1) is 16.3. The highest BCUT2D eigenvalue weighted by molar-refractivity contribution is 7.89. The molecule has 1 unspecified atom stereocenters. The zero-order valence-corrected chi connectivity index (χ0v) is 19.8. The van der Waals surface area contributed by atoms with E-state index in [-0.39, 0.29) is 35.3 Å². The number of carbonyl (C=O) groups excluding carboxylic acids is 2. The van der Waals surface area contributed by atoms with Crippen LogP contribution in [0.1, 0.15) is 30.1 Å². The predicted octanol–water partition coefficient (Wildman–Crippen LogP) is 2.50. The van der Waals surface area contributed by atoms with E-state index < -0.39 is 22.1 Å². The lowest BCUT2D eigenvalue weighted by Gasteiger charge is -2.35. The van der Waals surface area contributed by atoms with Crippen LogP contribution >= 0.6 is 0 Å². The van der Waals surface area contributed by atoms with Crippen LogP contribution in [0.2, 0.25) is 0 Å². The molecule has 0 aromatic heterocycles. The van der Waals surface area contributed by atoms with Gasteiger partial charge in [-0.3, -0.25) is 4.79 Å². The minimum atomic E-state index is -3.82. The van der Waals surface area contributed by atoms with Gasteiger partial charge in [-0.2, -0.15) is 4.31 Å². The number of hydrogen-bond acceptors (Lipinski definition) is 6. The van der Waals surface area contributed by atoms with Crippen molar-refractivity contribution < 1.29 is 27.1 Å². The summed E-state index contributed by atoms with van der Waals surface area (Å²) in [5, 5.41) is 0. The standard InChI is InChI=1S/C24H28FN3O5S/c1-18(23(29)27-11-2-3-12-27)33-24(30)19-5-4-6-22(17-19)34(31,32)28-15-13-26(14-16-28)21-9-7-20(25)8-10-21/h4-10,17-18H,2-3,11-16H2,1H3. The van der Waals surface area contributed by atoms with Gasteiger partial charge in [0.15, 0.2) is 6.10 Å². The highest BCUT2D eigenvalue weighted by atomic mass is 32.2. The summed E-state index contributed by atoms with van der Waals surface area (Å²) in [6.07, 6.45) is 0.931. The average Bonchev–Trinajstić information content (AvgIpc) is 3.39. The normalized spacial score (nSPS) is 18.1. The number of hydrogen-bond donors (Lipinski definition) is 0. The van der Waals surface area contributed by atoms with E-state index in [1.165, 1.54) is 47.6 Å². The summed E-state index contributed by atoms with van der Waals surface area (Å²) in [5.41, 5.74) is 0.910. The summed E-state index contributed by atoms with van der Waals surface area (Å²) in [6.45, 7) is 4.28. The van der Waals surface area contributed by atoms with Gasteiger partial charge in [-0.1, -0.05) is 6.07 Å². The third-order valence-electron chi connectivity index (χ3n) is 6.19. The number of ether oxygens (including phenoxy) is 1. The molecule has 0 saturated carbocycles. The smallest absolute Gasteiger partial charge is 0.338 e. The topological polar surface area (TPSA) is 87.2 Å². The molecule has 2 aliphatic rings. The SMILES string of the molecule is CC(OC(=O)c1cccc(S(=O)(=O)N2CCN(c3ccc(F)cc3)CC2)c1)C(=O)N1CCCC1. The van der Waals surface area contributed by atoms with Gasteiger partial charge in [0.25, 0.3) is 5.91 Å². The molecule has 2 heterocycles. The number of likely N-dealkylation sites (tertiary alicyclic amines) is 1. The second-order valence-electron chi connectivity index (χ2n) is 8.48. The largest absolute Gasteiger partial charge is 0.449 e. The van der Waals surface area contributed by atoms with Gasteiger partial charge in [-0.15, -0.1) is 0 Å². The summed E-state index contributed by atoms with van der Waals surface area (Å²) in [4.78, 5) is 28.7. The van der Waals surface area contributed by atoms with Crippen LogP contribution in [0.3, 0.4) is 0 Å². The Hall–Kier alpha value is -2.98. The van der Waals surface area contributed by atoms with E-state index >= 15 is 0 Å². The maximum atomic E-state index is 13.2. The van der Waals surface area contributed by atoms with Crippen molar-refractivity contribution in [3.8, 4) is 0 Å². The fourth-order valence-corrected chi connectivity index (χ4v) is 5.71. The second-order valence-corrected chi connectivity index (χ2v) is 10.4.